The molecule has 0 radical (unpaired) electrons. The van der Waals surface area contributed by atoms with E-state index >= 15 is 0 Å². The second kappa shape index (κ2) is 5.78. The summed E-state index contributed by atoms with van der Waals surface area (Å²) in [5.74, 6) is 0.802. The first kappa shape index (κ1) is 13.8. The van der Waals surface area contributed by atoms with Gasteiger partial charge < -0.3 is 5.32 Å². The molecular weight excluding hydrogens is 294 g/mol. The molecule has 0 spiro atoms. The Balaban J connectivity index is 1.48. The Morgan fingerprint density at radius 3 is 3.00 bits per heavy atom. The number of rotatable bonds is 3. The number of aliphatic imine (C=N–C) groups is 2. The molecule has 22 heavy (non-hydrogen) atoms. The zero-order valence-corrected chi connectivity index (χ0v) is 13.4. The maximum atomic E-state index is 4.79. The van der Waals surface area contributed by atoms with E-state index in [4.69, 9.17) is 4.99 Å². The fourth-order valence-electron chi connectivity index (χ4n) is 3.11. The fourth-order valence-corrected chi connectivity index (χ4v) is 3.48. The molecule has 1 aliphatic carbocycles. The summed E-state index contributed by atoms with van der Waals surface area (Å²) in [6.07, 6.45) is 4.27. The first-order valence-corrected chi connectivity index (χ1v) is 8.81. The molecule has 3 aliphatic rings. The van der Waals surface area contributed by atoms with Gasteiger partial charge in [-0.2, -0.15) is 4.99 Å². The van der Waals surface area contributed by atoms with Gasteiger partial charge in [0.25, 0.3) is 0 Å². The summed E-state index contributed by atoms with van der Waals surface area (Å²) < 4.78 is 0. The van der Waals surface area contributed by atoms with Crippen LogP contribution in [0.2, 0.25) is 0 Å². The average Bonchev–Trinajstić information content (AvgIpc) is 3.14. The number of hydrogen-bond acceptors (Lipinski definition) is 6. The van der Waals surface area contributed by atoms with Crippen LogP contribution < -0.4 is 10.7 Å². The van der Waals surface area contributed by atoms with Crippen molar-refractivity contribution in [1.29, 1.82) is 0 Å². The molecule has 0 fully saturated rings. The molecule has 1 aromatic carbocycles. The molecule has 0 saturated heterocycles. The number of hydrogen-bond donors (Lipinski definition) is 2. The van der Waals surface area contributed by atoms with E-state index < -0.39 is 0 Å². The van der Waals surface area contributed by atoms with E-state index in [1.807, 2.05) is 11.3 Å². The van der Waals surface area contributed by atoms with Crippen molar-refractivity contribution in [3.8, 4) is 0 Å². The van der Waals surface area contributed by atoms with Crippen LogP contribution in [0.4, 0.5) is 0 Å². The number of nitrogens with one attached hydrogen (secondary N) is 2. The van der Waals surface area contributed by atoms with E-state index in [1.165, 1.54) is 16.8 Å². The van der Waals surface area contributed by atoms with E-state index in [0.717, 1.165) is 37.1 Å². The van der Waals surface area contributed by atoms with Gasteiger partial charge in [0.15, 0.2) is 5.17 Å². The Kier molecular flexibility index (Phi) is 3.63. The van der Waals surface area contributed by atoms with Crippen molar-refractivity contribution in [2.45, 2.75) is 25.4 Å². The first-order chi connectivity index (χ1) is 10.8. The molecule has 2 aliphatic heterocycles. The van der Waals surface area contributed by atoms with Gasteiger partial charge in [-0.1, -0.05) is 42.1 Å². The maximum absolute atomic E-state index is 4.79. The molecule has 0 aromatic heterocycles. The van der Waals surface area contributed by atoms with Gasteiger partial charge in [0.2, 0.25) is 5.96 Å². The predicted molar refractivity (Wildman–Crippen MR) is 91.6 cm³/mol. The molecular formula is C16H19N5S. The number of guanidine groups is 1. The smallest absolute Gasteiger partial charge is 0.247 e. The lowest BCUT2D eigenvalue weighted by atomic mass is 10.2. The van der Waals surface area contributed by atoms with Crippen LogP contribution in [-0.4, -0.2) is 35.0 Å². The third kappa shape index (κ3) is 2.53. The van der Waals surface area contributed by atoms with E-state index in [2.05, 4.69) is 46.1 Å². The number of amidine groups is 1. The Morgan fingerprint density at radius 2 is 2.18 bits per heavy atom. The summed E-state index contributed by atoms with van der Waals surface area (Å²) in [5, 5.41) is 6.62. The monoisotopic (exact) mass is 313 g/mol. The van der Waals surface area contributed by atoms with Crippen LogP contribution in [0.5, 0.6) is 0 Å². The van der Waals surface area contributed by atoms with Gasteiger partial charge in [-0.3, -0.25) is 5.43 Å². The fraction of sp³-hybridized carbons (Fsp3) is 0.375. The molecule has 1 aromatic rings. The highest BCUT2D eigenvalue weighted by Gasteiger charge is 2.33. The third-order valence-electron chi connectivity index (χ3n) is 4.26. The Labute approximate surface area is 134 Å². The number of hydrazine groups is 1. The first-order valence-electron chi connectivity index (χ1n) is 7.58. The minimum absolute atomic E-state index is 0.346. The summed E-state index contributed by atoms with van der Waals surface area (Å²) in [6.45, 7) is 1.78. The minimum atomic E-state index is 0.346. The predicted octanol–water partition coefficient (Wildman–Crippen LogP) is 2.10. The number of benzene rings is 1. The van der Waals surface area contributed by atoms with Crippen molar-refractivity contribution in [2.24, 2.45) is 9.98 Å². The summed E-state index contributed by atoms with van der Waals surface area (Å²) in [4.78, 5) is 9.32. The van der Waals surface area contributed by atoms with Crippen LogP contribution in [0.3, 0.4) is 0 Å². The van der Waals surface area contributed by atoms with Crippen molar-refractivity contribution < 1.29 is 0 Å². The second-order valence-electron chi connectivity index (χ2n) is 5.68. The molecule has 1 unspecified atom stereocenters. The summed E-state index contributed by atoms with van der Waals surface area (Å²) in [5.41, 5.74) is 7.23. The van der Waals surface area contributed by atoms with E-state index in [1.54, 1.807) is 11.8 Å². The van der Waals surface area contributed by atoms with Gasteiger partial charge in [-0.25, -0.2) is 10.0 Å². The van der Waals surface area contributed by atoms with E-state index in [0.29, 0.717) is 6.04 Å². The topological polar surface area (TPSA) is 52.0 Å². The van der Waals surface area contributed by atoms with Crippen LogP contribution >= 0.6 is 11.8 Å². The lowest BCUT2D eigenvalue weighted by Gasteiger charge is -2.24. The maximum Gasteiger partial charge on any atom is 0.247 e. The van der Waals surface area contributed by atoms with Crippen molar-refractivity contribution in [2.75, 3.05) is 12.8 Å². The summed E-state index contributed by atoms with van der Waals surface area (Å²) >= 11 is 1.62. The van der Waals surface area contributed by atoms with Gasteiger partial charge in [-0.05, 0) is 30.2 Å². The summed E-state index contributed by atoms with van der Waals surface area (Å²) in [7, 11) is 0. The number of nitrogens with zero attached hydrogens (tertiary/aromatic N) is 3. The number of fused-ring (bicyclic) bond motifs is 1. The van der Waals surface area contributed by atoms with Crippen LogP contribution in [0.1, 0.15) is 18.4 Å². The van der Waals surface area contributed by atoms with Crippen molar-refractivity contribution in [3.63, 3.8) is 0 Å². The van der Waals surface area contributed by atoms with Gasteiger partial charge >= 0.3 is 0 Å². The zero-order valence-electron chi connectivity index (χ0n) is 12.5. The van der Waals surface area contributed by atoms with Crippen molar-refractivity contribution in [1.82, 2.24) is 15.8 Å². The quantitative estimate of drug-likeness (QED) is 0.897. The van der Waals surface area contributed by atoms with Crippen LogP contribution in [0.15, 0.2) is 51.6 Å². The van der Waals surface area contributed by atoms with Gasteiger partial charge in [0, 0.05) is 6.54 Å². The van der Waals surface area contributed by atoms with Crippen LogP contribution in [0.25, 0.3) is 0 Å². The Morgan fingerprint density at radius 1 is 1.32 bits per heavy atom. The van der Waals surface area contributed by atoms with Crippen molar-refractivity contribution in [3.05, 3.63) is 47.2 Å². The Hall–Kier alpha value is -1.79. The molecule has 0 saturated carbocycles. The Bertz CT molecular complexity index is 664. The van der Waals surface area contributed by atoms with Crippen LogP contribution in [0, 0.1) is 0 Å². The highest BCUT2D eigenvalue weighted by Crippen LogP contribution is 2.32. The number of thioether (sulfide) groups is 1. The molecule has 5 nitrogen and oxygen atoms in total. The molecule has 6 heteroatoms. The average molecular weight is 313 g/mol. The SMILES string of the molecule is CSC1=NC2=NC3=C(CCC3NCc3ccccc3)CN2N1. The van der Waals surface area contributed by atoms with Gasteiger partial charge in [0.05, 0.1) is 18.3 Å². The molecule has 0 amide bonds. The molecule has 114 valence electrons. The molecule has 0 bridgehead atoms. The lowest BCUT2D eigenvalue weighted by Crippen LogP contribution is -2.41. The molecule has 4 rings (SSSR count). The zero-order chi connectivity index (χ0) is 14.9. The molecule has 2 N–H and O–H groups in total. The lowest BCUT2D eigenvalue weighted by molar-refractivity contribution is 0.410. The standard InChI is InChI=1S/C16H19N5S/c1-22-16-19-15-18-14-12(10-21(15)20-16)7-8-13(14)17-9-11-5-3-2-4-6-11/h2-6,13,17H,7-10H2,1H3,(H,18,19,20). The minimum Gasteiger partial charge on any atom is -0.305 e. The highest BCUT2D eigenvalue weighted by atomic mass is 32.2. The van der Waals surface area contributed by atoms with Crippen molar-refractivity contribution >= 4 is 22.9 Å². The molecule has 2 heterocycles. The van der Waals surface area contributed by atoms with Gasteiger partial charge in [0.1, 0.15) is 0 Å². The largest absolute Gasteiger partial charge is 0.305 e. The normalized spacial score (nSPS) is 23.0. The second-order valence-corrected chi connectivity index (χ2v) is 6.47. The molecule has 1 atom stereocenters. The summed E-state index contributed by atoms with van der Waals surface area (Å²) in [6, 6.07) is 10.9. The van der Waals surface area contributed by atoms with Gasteiger partial charge in [-0.15, -0.1) is 0 Å². The van der Waals surface area contributed by atoms with Crippen LogP contribution in [-0.2, 0) is 6.54 Å². The highest BCUT2D eigenvalue weighted by molar-refractivity contribution is 8.13. The van der Waals surface area contributed by atoms with E-state index in [9.17, 15) is 0 Å². The third-order valence-corrected chi connectivity index (χ3v) is 4.83. The van der Waals surface area contributed by atoms with E-state index in [-0.39, 0.29) is 0 Å².